The van der Waals surface area contributed by atoms with E-state index >= 15 is 0 Å². The number of benzene rings is 2. The fourth-order valence-corrected chi connectivity index (χ4v) is 2.44. The molecule has 3 aromatic rings. The standard InChI is InChI=1S/C20H20N6O3/c1-13(21-20(29)22-15-10-6-3-7-11-15)18(27)25-26-19(28)17-12-16(23-24-17)14-8-4-2-5-9-14/h2-13H,1H3,(H,23,24)(H,25,27)(H,26,28)(H2,21,22,29)/t13-/m0/s1. The van der Waals surface area contributed by atoms with Crippen molar-refractivity contribution in [3.63, 3.8) is 0 Å². The largest absolute Gasteiger partial charge is 0.326 e. The molecule has 0 spiro atoms. The number of aromatic amines is 1. The van der Waals surface area contributed by atoms with Crippen molar-refractivity contribution in [1.82, 2.24) is 26.4 Å². The zero-order valence-corrected chi connectivity index (χ0v) is 15.6. The maximum absolute atomic E-state index is 12.2. The maximum atomic E-state index is 12.2. The quantitative estimate of drug-likeness (QED) is 0.426. The van der Waals surface area contributed by atoms with Crippen molar-refractivity contribution in [2.24, 2.45) is 0 Å². The zero-order chi connectivity index (χ0) is 20.6. The molecule has 0 aliphatic rings. The van der Waals surface area contributed by atoms with E-state index in [9.17, 15) is 14.4 Å². The highest BCUT2D eigenvalue weighted by atomic mass is 16.2. The Morgan fingerprint density at radius 3 is 2.28 bits per heavy atom. The van der Waals surface area contributed by atoms with Gasteiger partial charge in [-0.1, -0.05) is 48.5 Å². The van der Waals surface area contributed by atoms with E-state index in [1.807, 2.05) is 36.4 Å². The fraction of sp³-hybridized carbons (Fsp3) is 0.100. The van der Waals surface area contributed by atoms with Gasteiger partial charge in [0.05, 0.1) is 5.69 Å². The number of carbonyl (C=O) groups excluding carboxylic acids is 3. The third kappa shape index (κ3) is 5.42. The van der Waals surface area contributed by atoms with Gasteiger partial charge in [-0.3, -0.25) is 25.5 Å². The lowest BCUT2D eigenvalue weighted by Crippen LogP contribution is -2.51. The van der Waals surface area contributed by atoms with Crippen LogP contribution >= 0.6 is 0 Å². The molecule has 1 aromatic heterocycles. The average molecular weight is 392 g/mol. The van der Waals surface area contributed by atoms with Gasteiger partial charge in [0.25, 0.3) is 11.8 Å². The van der Waals surface area contributed by atoms with Crippen molar-refractivity contribution >= 4 is 23.5 Å². The predicted octanol–water partition coefficient (Wildman–Crippen LogP) is 2.05. The van der Waals surface area contributed by atoms with Crippen molar-refractivity contribution in [1.29, 1.82) is 0 Å². The Morgan fingerprint density at radius 2 is 1.59 bits per heavy atom. The van der Waals surface area contributed by atoms with E-state index < -0.39 is 23.9 Å². The molecule has 4 amide bonds. The average Bonchev–Trinajstić information content (AvgIpc) is 3.23. The molecule has 9 heteroatoms. The van der Waals surface area contributed by atoms with Crippen LogP contribution in [0.2, 0.25) is 0 Å². The van der Waals surface area contributed by atoms with Crippen molar-refractivity contribution in [2.75, 3.05) is 5.32 Å². The first-order valence-corrected chi connectivity index (χ1v) is 8.86. The van der Waals surface area contributed by atoms with E-state index in [0.717, 1.165) is 5.56 Å². The van der Waals surface area contributed by atoms with E-state index in [2.05, 4.69) is 31.7 Å². The first kappa shape index (κ1) is 19.6. The van der Waals surface area contributed by atoms with E-state index in [1.165, 1.54) is 6.92 Å². The second kappa shape index (κ2) is 9.18. The summed E-state index contributed by atoms with van der Waals surface area (Å²) in [7, 11) is 0. The lowest BCUT2D eigenvalue weighted by atomic mass is 10.1. The number of nitrogens with zero attached hydrogens (tertiary/aromatic N) is 1. The number of nitrogens with one attached hydrogen (secondary N) is 5. The summed E-state index contributed by atoms with van der Waals surface area (Å²) in [4.78, 5) is 36.2. The van der Waals surface area contributed by atoms with Gasteiger partial charge in [0.15, 0.2) is 0 Å². The number of hydrazine groups is 1. The number of urea groups is 1. The molecule has 0 bridgehead atoms. The fourth-order valence-electron chi connectivity index (χ4n) is 2.44. The van der Waals surface area contributed by atoms with Crippen LogP contribution in [0.5, 0.6) is 0 Å². The van der Waals surface area contributed by atoms with Gasteiger partial charge in [-0.15, -0.1) is 0 Å². The van der Waals surface area contributed by atoms with Gasteiger partial charge in [-0.05, 0) is 25.1 Å². The summed E-state index contributed by atoms with van der Waals surface area (Å²) in [6, 6.07) is 18.3. The number of amides is 4. The van der Waals surface area contributed by atoms with Crippen LogP contribution < -0.4 is 21.5 Å². The van der Waals surface area contributed by atoms with Crippen molar-refractivity contribution in [2.45, 2.75) is 13.0 Å². The minimum atomic E-state index is -0.874. The van der Waals surface area contributed by atoms with Gasteiger partial charge in [-0.25, -0.2) is 4.79 Å². The minimum Gasteiger partial charge on any atom is -0.326 e. The Balaban J connectivity index is 1.47. The summed E-state index contributed by atoms with van der Waals surface area (Å²) in [5, 5.41) is 11.8. The highest BCUT2D eigenvalue weighted by Crippen LogP contribution is 2.16. The summed E-state index contributed by atoms with van der Waals surface area (Å²) in [6.07, 6.45) is 0. The molecule has 148 valence electrons. The lowest BCUT2D eigenvalue weighted by Gasteiger charge is -2.15. The van der Waals surface area contributed by atoms with Crippen molar-refractivity contribution in [3.05, 3.63) is 72.4 Å². The van der Waals surface area contributed by atoms with Crippen molar-refractivity contribution < 1.29 is 14.4 Å². The smallest absolute Gasteiger partial charge is 0.319 e. The van der Waals surface area contributed by atoms with Crippen LogP contribution in [0.3, 0.4) is 0 Å². The number of anilines is 1. The van der Waals surface area contributed by atoms with Crippen LogP contribution in [0.15, 0.2) is 66.7 Å². The summed E-state index contributed by atoms with van der Waals surface area (Å²) < 4.78 is 0. The third-order valence-corrected chi connectivity index (χ3v) is 3.96. The van der Waals surface area contributed by atoms with Gasteiger partial charge in [0.2, 0.25) is 0 Å². The molecule has 0 fully saturated rings. The van der Waals surface area contributed by atoms with Gasteiger partial charge >= 0.3 is 6.03 Å². The van der Waals surface area contributed by atoms with Crippen LogP contribution in [0, 0.1) is 0 Å². The zero-order valence-electron chi connectivity index (χ0n) is 15.6. The van der Waals surface area contributed by atoms with E-state index in [-0.39, 0.29) is 5.69 Å². The highest BCUT2D eigenvalue weighted by molar-refractivity contribution is 5.96. The van der Waals surface area contributed by atoms with Crippen LogP contribution in [-0.2, 0) is 4.79 Å². The number of para-hydroxylation sites is 1. The molecule has 9 nitrogen and oxygen atoms in total. The molecule has 0 saturated heterocycles. The number of hydrogen-bond acceptors (Lipinski definition) is 4. The molecule has 0 radical (unpaired) electrons. The topological polar surface area (TPSA) is 128 Å². The highest BCUT2D eigenvalue weighted by Gasteiger charge is 2.17. The maximum Gasteiger partial charge on any atom is 0.319 e. The number of aromatic nitrogens is 2. The first-order valence-electron chi connectivity index (χ1n) is 8.86. The molecular formula is C20H20N6O3. The molecule has 0 unspecified atom stereocenters. The monoisotopic (exact) mass is 392 g/mol. The SMILES string of the molecule is C[C@H](NC(=O)Nc1ccccc1)C(=O)NNC(=O)c1cc(-c2ccccc2)n[nH]1. The van der Waals surface area contributed by atoms with Crippen LogP contribution in [0.4, 0.5) is 10.5 Å². The molecule has 0 aliphatic heterocycles. The number of rotatable bonds is 5. The summed E-state index contributed by atoms with van der Waals surface area (Å²) >= 11 is 0. The van der Waals surface area contributed by atoms with Crippen molar-refractivity contribution in [3.8, 4) is 11.3 Å². The molecule has 5 N–H and O–H groups in total. The Bertz CT molecular complexity index is 988. The summed E-state index contributed by atoms with van der Waals surface area (Å²) in [5.41, 5.74) is 6.80. The van der Waals surface area contributed by atoms with Crippen LogP contribution in [0.25, 0.3) is 11.3 Å². The Labute approximate surface area is 166 Å². The molecule has 29 heavy (non-hydrogen) atoms. The normalized spacial score (nSPS) is 11.2. The molecular weight excluding hydrogens is 372 g/mol. The summed E-state index contributed by atoms with van der Waals surface area (Å²) in [6.45, 7) is 1.50. The second-order valence-corrected chi connectivity index (χ2v) is 6.16. The first-order chi connectivity index (χ1) is 14.0. The van der Waals surface area contributed by atoms with Gasteiger partial charge in [0, 0.05) is 11.3 Å². The van der Waals surface area contributed by atoms with Gasteiger partial charge in [0.1, 0.15) is 11.7 Å². The summed E-state index contributed by atoms with van der Waals surface area (Å²) in [5.74, 6) is -1.14. The van der Waals surface area contributed by atoms with Crippen LogP contribution in [0.1, 0.15) is 17.4 Å². The van der Waals surface area contributed by atoms with Crippen LogP contribution in [-0.4, -0.2) is 34.1 Å². The minimum absolute atomic E-state index is 0.187. The Kier molecular flexibility index (Phi) is 6.21. The lowest BCUT2D eigenvalue weighted by molar-refractivity contribution is -0.123. The van der Waals surface area contributed by atoms with E-state index in [0.29, 0.717) is 11.4 Å². The molecule has 0 aliphatic carbocycles. The molecule has 3 rings (SSSR count). The van der Waals surface area contributed by atoms with E-state index in [4.69, 9.17) is 0 Å². The molecule has 2 aromatic carbocycles. The second-order valence-electron chi connectivity index (χ2n) is 6.16. The molecule has 0 saturated carbocycles. The molecule has 1 atom stereocenters. The van der Waals surface area contributed by atoms with Gasteiger partial charge < -0.3 is 10.6 Å². The predicted molar refractivity (Wildman–Crippen MR) is 108 cm³/mol. The Morgan fingerprint density at radius 1 is 0.931 bits per heavy atom. The number of H-pyrrole nitrogens is 1. The number of carbonyl (C=O) groups is 3. The van der Waals surface area contributed by atoms with Gasteiger partial charge in [-0.2, -0.15) is 5.10 Å². The third-order valence-electron chi connectivity index (χ3n) is 3.96. The molecule has 1 heterocycles. The Hall–Kier alpha value is -4.14. The number of hydrogen-bond donors (Lipinski definition) is 5. The van der Waals surface area contributed by atoms with E-state index in [1.54, 1.807) is 30.3 Å².